The van der Waals surface area contributed by atoms with Crippen LogP contribution in [0.2, 0.25) is 0 Å². The normalized spacial score (nSPS) is 12.1. The Labute approximate surface area is 105 Å². The lowest BCUT2D eigenvalue weighted by molar-refractivity contribution is -0.122. The molecule has 0 aliphatic carbocycles. The van der Waals surface area contributed by atoms with E-state index in [9.17, 15) is 4.79 Å². The van der Waals surface area contributed by atoms with Gasteiger partial charge in [0.25, 0.3) is 0 Å². The fraction of sp³-hybridized carbons (Fsp3) is 0.231. The summed E-state index contributed by atoms with van der Waals surface area (Å²) >= 11 is 0. The van der Waals surface area contributed by atoms with Crippen LogP contribution in [0.15, 0.2) is 42.7 Å². The smallest absolute Gasteiger partial charge is 0.237 e. The van der Waals surface area contributed by atoms with Crippen LogP contribution in [0.5, 0.6) is 0 Å². The molecular formula is C13H16N4O. The van der Waals surface area contributed by atoms with Gasteiger partial charge in [-0.1, -0.05) is 30.3 Å². The van der Waals surface area contributed by atoms with Gasteiger partial charge >= 0.3 is 0 Å². The van der Waals surface area contributed by atoms with Crippen molar-refractivity contribution in [2.75, 3.05) is 0 Å². The lowest BCUT2D eigenvalue weighted by atomic mass is 10.1. The molecule has 0 saturated heterocycles. The van der Waals surface area contributed by atoms with Crippen LogP contribution in [0.1, 0.15) is 11.1 Å². The van der Waals surface area contributed by atoms with E-state index in [-0.39, 0.29) is 5.91 Å². The van der Waals surface area contributed by atoms with Crippen LogP contribution in [0, 0.1) is 0 Å². The van der Waals surface area contributed by atoms with E-state index in [2.05, 4.69) is 15.5 Å². The summed E-state index contributed by atoms with van der Waals surface area (Å²) in [7, 11) is 0. The number of nitrogens with zero attached hydrogens (tertiary/aromatic N) is 1. The Morgan fingerprint density at radius 3 is 2.78 bits per heavy atom. The van der Waals surface area contributed by atoms with Crippen molar-refractivity contribution in [1.82, 2.24) is 15.5 Å². The number of carbonyl (C=O) groups is 1. The van der Waals surface area contributed by atoms with E-state index in [0.717, 1.165) is 11.1 Å². The zero-order valence-electron chi connectivity index (χ0n) is 9.97. The van der Waals surface area contributed by atoms with Crippen LogP contribution < -0.4 is 11.1 Å². The maximum atomic E-state index is 11.8. The van der Waals surface area contributed by atoms with Crippen molar-refractivity contribution in [1.29, 1.82) is 0 Å². The molecule has 1 aromatic carbocycles. The third kappa shape index (κ3) is 3.43. The van der Waals surface area contributed by atoms with Gasteiger partial charge in [0, 0.05) is 18.3 Å². The lowest BCUT2D eigenvalue weighted by Gasteiger charge is -2.11. The number of amides is 1. The number of aromatic nitrogens is 2. The van der Waals surface area contributed by atoms with E-state index < -0.39 is 6.04 Å². The van der Waals surface area contributed by atoms with Crippen molar-refractivity contribution < 1.29 is 4.79 Å². The van der Waals surface area contributed by atoms with Crippen molar-refractivity contribution in [3.05, 3.63) is 53.9 Å². The molecule has 0 bridgehead atoms. The Morgan fingerprint density at radius 1 is 1.33 bits per heavy atom. The van der Waals surface area contributed by atoms with Gasteiger partial charge < -0.3 is 11.1 Å². The van der Waals surface area contributed by atoms with Crippen LogP contribution >= 0.6 is 0 Å². The fourth-order valence-electron chi connectivity index (χ4n) is 1.66. The molecule has 5 heteroatoms. The van der Waals surface area contributed by atoms with Crippen LogP contribution in [-0.4, -0.2) is 22.1 Å². The third-order valence-corrected chi connectivity index (χ3v) is 2.66. The second-order valence-corrected chi connectivity index (χ2v) is 4.12. The van der Waals surface area contributed by atoms with Gasteiger partial charge in [0.1, 0.15) is 0 Å². The summed E-state index contributed by atoms with van der Waals surface area (Å²) in [5.41, 5.74) is 7.84. The Bertz CT molecular complexity index is 481. The molecule has 5 nitrogen and oxygen atoms in total. The summed E-state index contributed by atoms with van der Waals surface area (Å²) in [5, 5.41) is 9.28. The van der Waals surface area contributed by atoms with E-state index in [1.54, 1.807) is 12.4 Å². The average Bonchev–Trinajstić information content (AvgIpc) is 2.90. The highest BCUT2D eigenvalue weighted by Crippen LogP contribution is 2.02. The topological polar surface area (TPSA) is 83.8 Å². The van der Waals surface area contributed by atoms with Gasteiger partial charge in [0.15, 0.2) is 0 Å². The molecule has 1 heterocycles. The quantitative estimate of drug-likeness (QED) is 0.720. The number of rotatable bonds is 5. The zero-order chi connectivity index (χ0) is 12.8. The number of nitrogens with one attached hydrogen (secondary N) is 2. The zero-order valence-corrected chi connectivity index (χ0v) is 9.97. The first-order valence-electron chi connectivity index (χ1n) is 5.80. The largest absolute Gasteiger partial charge is 0.351 e. The molecular weight excluding hydrogens is 228 g/mol. The van der Waals surface area contributed by atoms with E-state index in [0.29, 0.717) is 13.0 Å². The molecule has 1 amide bonds. The number of nitrogens with two attached hydrogens (primary N) is 1. The molecule has 0 aliphatic heterocycles. The molecule has 2 aromatic rings. The van der Waals surface area contributed by atoms with Gasteiger partial charge in [-0.15, -0.1) is 0 Å². The Hall–Kier alpha value is -2.14. The van der Waals surface area contributed by atoms with Gasteiger partial charge in [0.05, 0.1) is 12.2 Å². The predicted octanol–water partition coefficient (Wildman–Crippen LogP) is 0.596. The first kappa shape index (κ1) is 12.3. The maximum Gasteiger partial charge on any atom is 0.237 e. The first-order chi connectivity index (χ1) is 8.75. The summed E-state index contributed by atoms with van der Waals surface area (Å²) in [6.45, 7) is 0.442. The van der Waals surface area contributed by atoms with Gasteiger partial charge in [0.2, 0.25) is 5.91 Å². The van der Waals surface area contributed by atoms with E-state index in [4.69, 9.17) is 5.73 Å². The third-order valence-electron chi connectivity index (χ3n) is 2.66. The van der Waals surface area contributed by atoms with E-state index in [1.807, 2.05) is 30.3 Å². The van der Waals surface area contributed by atoms with Gasteiger partial charge in [-0.25, -0.2) is 0 Å². The van der Waals surface area contributed by atoms with Gasteiger partial charge in [-0.3, -0.25) is 9.89 Å². The highest BCUT2D eigenvalue weighted by molar-refractivity contribution is 5.81. The van der Waals surface area contributed by atoms with Crippen molar-refractivity contribution >= 4 is 5.91 Å². The molecule has 94 valence electrons. The molecule has 0 aliphatic rings. The summed E-state index contributed by atoms with van der Waals surface area (Å²) in [4.78, 5) is 11.8. The lowest BCUT2D eigenvalue weighted by Crippen LogP contribution is -2.41. The summed E-state index contributed by atoms with van der Waals surface area (Å²) in [5.74, 6) is -0.153. The van der Waals surface area contributed by atoms with Crippen molar-refractivity contribution in [3.8, 4) is 0 Å². The standard InChI is InChI=1S/C13H16N4O/c14-12(6-10-4-2-1-3-5-10)13(18)15-7-11-8-16-17-9-11/h1-5,8-9,12H,6-7,14H2,(H,15,18)(H,16,17). The Morgan fingerprint density at radius 2 is 2.11 bits per heavy atom. The molecule has 1 aromatic heterocycles. The number of benzene rings is 1. The minimum Gasteiger partial charge on any atom is -0.351 e. The van der Waals surface area contributed by atoms with Crippen LogP contribution in [0.25, 0.3) is 0 Å². The molecule has 18 heavy (non-hydrogen) atoms. The van der Waals surface area contributed by atoms with Crippen LogP contribution in [0.4, 0.5) is 0 Å². The highest BCUT2D eigenvalue weighted by atomic mass is 16.2. The number of hydrogen-bond donors (Lipinski definition) is 3. The van der Waals surface area contributed by atoms with Gasteiger partial charge in [-0.2, -0.15) is 5.10 Å². The average molecular weight is 244 g/mol. The molecule has 4 N–H and O–H groups in total. The number of carbonyl (C=O) groups excluding carboxylic acids is 1. The van der Waals surface area contributed by atoms with E-state index >= 15 is 0 Å². The van der Waals surface area contributed by atoms with Crippen molar-refractivity contribution in [3.63, 3.8) is 0 Å². The monoisotopic (exact) mass is 244 g/mol. The molecule has 1 atom stereocenters. The Kier molecular flexibility index (Phi) is 4.09. The molecule has 0 fully saturated rings. The molecule has 2 rings (SSSR count). The van der Waals surface area contributed by atoms with Crippen LogP contribution in [0.3, 0.4) is 0 Å². The number of aromatic amines is 1. The summed E-state index contributed by atoms with van der Waals surface area (Å²) < 4.78 is 0. The van der Waals surface area contributed by atoms with Crippen molar-refractivity contribution in [2.45, 2.75) is 19.0 Å². The minimum atomic E-state index is -0.528. The van der Waals surface area contributed by atoms with Crippen LogP contribution in [-0.2, 0) is 17.8 Å². The maximum absolute atomic E-state index is 11.8. The second-order valence-electron chi connectivity index (χ2n) is 4.12. The molecule has 1 unspecified atom stereocenters. The second kappa shape index (κ2) is 5.97. The number of H-pyrrole nitrogens is 1. The van der Waals surface area contributed by atoms with Crippen molar-refractivity contribution in [2.24, 2.45) is 5.73 Å². The molecule has 0 spiro atoms. The Balaban J connectivity index is 1.82. The first-order valence-corrected chi connectivity index (χ1v) is 5.80. The highest BCUT2D eigenvalue weighted by Gasteiger charge is 2.13. The minimum absolute atomic E-state index is 0.153. The molecule has 0 radical (unpaired) electrons. The SMILES string of the molecule is NC(Cc1ccccc1)C(=O)NCc1cn[nH]c1. The molecule has 0 saturated carbocycles. The number of hydrogen-bond acceptors (Lipinski definition) is 3. The fourth-order valence-corrected chi connectivity index (χ4v) is 1.66. The van der Waals surface area contributed by atoms with E-state index in [1.165, 1.54) is 0 Å². The summed E-state index contributed by atoms with van der Waals surface area (Å²) in [6.07, 6.45) is 3.95. The summed E-state index contributed by atoms with van der Waals surface area (Å²) in [6, 6.07) is 9.20. The van der Waals surface area contributed by atoms with Gasteiger partial charge in [-0.05, 0) is 12.0 Å². The predicted molar refractivity (Wildman–Crippen MR) is 68.6 cm³/mol.